The summed E-state index contributed by atoms with van der Waals surface area (Å²) in [6.07, 6.45) is 0.994. The van der Waals surface area contributed by atoms with Crippen LogP contribution in [0.5, 0.6) is 0 Å². The SMILES string of the molecule is CC(C)NC(=O)CNC(=O)c1ccc2c(c1)CNCC2. The van der Waals surface area contributed by atoms with Crippen molar-refractivity contribution in [3.05, 3.63) is 34.9 Å². The number of carbonyl (C=O) groups excluding carboxylic acids is 2. The average Bonchev–Trinajstić information content (AvgIpc) is 2.43. The van der Waals surface area contributed by atoms with Crippen molar-refractivity contribution in [3.8, 4) is 0 Å². The van der Waals surface area contributed by atoms with Gasteiger partial charge in [0.15, 0.2) is 0 Å². The summed E-state index contributed by atoms with van der Waals surface area (Å²) in [6.45, 7) is 5.55. The lowest BCUT2D eigenvalue weighted by molar-refractivity contribution is -0.120. The predicted octanol–water partition coefficient (Wildman–Crippen LogP) is 0.587. The maximum absolute atomic E-state index is 12.0. The van der Waals surface area contributed by atoms with Gasteiger partial charge in [0.05, 0.1) is 6.54 Å². The molecule has 0 radical (unpaired) electrons. The van der Waals surface area contributed by atoms with Gasteiger partial charge in [-0.05, 0) is 50.1 Å². The van der Waals surface area contributed by atoms with Gasteiger partial charge in [-0.2, -0.15) is 0 Å². The van der Waals surface area contributed by atoms with Gasteiger partial charge in [0, 0.05) is 18.2 Å². The Morgan fingerprint density at radius 2 is 2.10 bits per heavy atom. The topological polar surface area (TPSA) is 70.2 Å². The van der Waals surface area contributed by atoms with E-state index in [2.05, 4.69) is 16.0 Å². The lowest BCUT2D eigenvalue weighted by atomic mass is 9.98. The second-order valence-electron chi connectivity index (χ2n) is 5.32. The van der Waals surface area contributed by atoms with E-state index in [0.29, 0.717) is 5.56 Å². The number of fused-ring (bicyclic) bond motifs is 1. The van der Waals surface area contributed by atoms with Gasteiger partial charge in [-0.15, -0.1) is 0 Å². The lowest BCUT2D eigenvalue weighted by Crippen LogP contribution is -2.39. The van der Waals surface area contributed by atoms with Crippen molar-refractivity contribution in [2.45, 2.75) is 32.9 Å². The van der Waals surface area contributed by atoms with Crippen molar-refractivity contribution >= 4 is 11.8 Å². The molecule has 0 unspecified atom stereocenters. The molecule has 5 nitrogen and oxygen atoms in total. The Morgan fingerprint density at radius 1 is 1.30 bits per heavy atom. The standard InChI is InChI=1S/C15H21N3O2/c1-10(2)18-14(19)9-17-15(20)12-4-3-11-5-6-16-8-13(11)7-12/h3-4,7,10,16H,5-6,8-9H2,1-2H3,(H,17,20)(H,18,19). The molecule has 5 heteroatoms. The van der Waals surface area contributed by atoms with E-state index < -0.39 is 0 Å². The molecule has 0 saturated heterocycles. The molecule has 0 aromatic heterocycles. The highest BCUT2D eigenvalue weighted by Gasteiger charge is 2.13. The summed E-state index contributed by atoms with van der Waals surface area (Å²) in [4.78, 5) is 23.5. The highest BCUT2D eigenvalue weighted by atomic mass is 16.2. The van der Waals surface area contributed by atoms with Crippen molar-refractivity contribution in [1.29, 1.82) is 0 Å². The Kier molecular flexibility index (Phi) is 4.74. The van der Waals surface area contributed by atoms with Gasteiger partial charge in [0.2, 0.25) is 5.91 Å². The zero-order chi connectivity index (χ0) is 14.5. The molecule has 0 saturated carbocycles. The molecule has 0 fully saturated rings. The van der Waals surface area contributed by atoms with Crippen LogP contribution in [0.2, 0.25) is 0 Å². The van der Waals surface area contributed by atoms with Crippen molar-refractivity contribution in [3.63, 3.8) is 0 Å². The van der Waals surface area contributed by atoms with Crippen molar-refractivity contribution in [1.82, 2.24) is 16.0 Å². The van der Waals surface area contributed by atoms with E-state index >= 15 is 0 Å². The Bertz CT molecular complexity index is 512. The van der Waals surface area contributed by atoms with Gasteiger partial charge in [-0.1, -0.05) is 6.07 Å². The van der Waals surface area contributed by atoms with E-state index in [0.717, 1.165) is 25.1 Å². The third-order valence-electron chi connectivity index (χ3n) is 3.21. The third-order valence-corrected chi connectivity index (χ3v) is 3.21. The molecular weight excluding hydrogens is 254 g/mol. The summed E-state index contributed by atoms with van der Waals surface area (Å²) in [5.74, 6) is -0.384. The molecule has 2 rings (SSSR count). The molecule has 1 aromatic carbocycles. The monoisotopic (exact) mass is 275 g/mol. The van der Waals surface area contributed by atoms with Crippen LogP contribution in [-0.2, 0) is 17.8 Å². The minimum absolute atomic E-state index is 0.00630. The minimum atomic E-state index is -0.211. The largest absolute Gasteiger partial charge is 0.352 e. The fourth-order valence-corrected chi connectivity index (χ4v) is 2.26. The number of hydrogen-bond acceptors (Lipinski definition) is 3. The average molecular weight is 275 g/mol. The van der Waals surface area contributed by atoms with E-state index in [9.17, 15) is 9.59 Å². The molecule has 0 aliphatic carbocycles. The van der Waals surface area contributed by atoms with Gasteiger partial charge in [-0.25, -0.2) is 0 Å². The lowest BCUT2D eigenvalue weighted by Gasteiger charge is -2.17. The minimum Gasteiger partial charge on any atom is -0.352 e. The molecule has 0 spiro atoms. The summed E-state index contributed by atoms with van der Waals surface area (Å²) < 4.78 is 0. The first kappa shape index (κ1) is 14.5. The van der Waals surface area contributed by atoms with Crippen molar-refractivity contribution in [2.24, 2.45) is 0 Å². The zero-order valence-corrected chi connectivity index (χ0v) is 12.0. The van der Waals surface area contributed by atoms with Crippen LogP contribution in [0.25, 0.3) is 0 Å². The summed E-state index contributed by atoms with van der Waals surface area (Å²) in [5, 5.41) is 8.66. The number of benzene rings is 1. The van der Waals surface area contributed by atoms with Crippen molar-refractivity contribution < 1.29 is 9.59 Å². The zero-order valence-electron chi connectivity index (χ0n) is 12.0. The second kappa shape index (κ2) is 6.52. The van der Waals surface area contributed by atoms with Gasteiger partial charge >= 0.3 is 0 Å². The molecule has 108 valence electrons. The van der Waals surface area contributed by atoms with E-state index in [1.807, 2.05) is 32.0 Å². The number of rotatable bonds is 4. The number of hydrogen-bond donors (Lipinski definition) is 3. The molecule has 0 bridgehead atoms. The molecule has 1 aliphatic heterocycles. The number of amides is 2. The first-order valence-electron chi connectivity index (χ1n) is 6.96. The summed E-state index contributed by atoms with van der Waals surface area (Å²) in [6, 6.07) is 5.80. The molecule has 2 amide bonds. The molecule has 0 atom stereocenters. The van der Waals surface area contributed by atoms with Crippen LogP contribution < -0.4 is 16.0 Å². The first-order chi connectivity index (χ1) is 9.56. The fraction of sp³-hybridized carbons (Fsp3) is 0.467. The molecular formula is C15H21N3O2. The van der Waals surface area contributed by atoms with Gasteiger partial charge in [-0.3, -0.25) is 9.59 Å². The molecule has 20 heavy (non-hydrogen) atoms. The highest BCUT2D eigenvalue weighted by molar-refractivity contribution is 5.96. The van der Waals surface area contributed by atoms with Crippen LogP contribution in [0.4, 0.5) is 0 Å². The van der Waals surface area contributed by atoms with E-state index in [1.54, 1.807) is 0 Å². The Hall–Kier alpha value is -1.88. The van der Waals surface area contributed by atoms with Crippen LogP contribution >= 0.6 is 0 Å². The third kappa shape index (κ3) is 3.81. The first-order valence-corrected chi connectivity index (χ1v) is 6.96. The predicted molar refractivity (Wildman–Crippen MR) is 77.5 cm³/mol. The van der Waals surface area contributed by atoms with Crippen LogP contribution in [-0.4, -0.2) is 30.9 Å². The summed E-state index contributed by atoms with van der Waals surface area (Å²) >= 11 is 0. The fourth-order valence-electron chi connectivity index (χ4n) is 2.26. The molecule has 1 aliphatic rings. The molecule has 3 N–H and O–H groups in total. The van der Waals surface area contributed by atoms with Crippen LogP contribution in [0.3, 0.4) is 0 Å². The second-order valence-corrected chi connectivity index (χ2v) is 5.32. The molecule has 1 heterocycles. The van der Waals surface area contributed by atoms with Crippen LogP contribution in [0.1, 0.15) is 35.3 Å². The Labute approximate surface area is 119 Å². The van der Waals surface area contributed by atoms with Gasteiger partial charge in [0.25, 0.3) is 5.91 Å². The van der Waals surface area contributed by atoms with Crippen molar-refractivity contribution in [2.75, 3.05) is 13.1 Å². The smallest absolute Gasteiger partial charge is 0.251 e. The normalized spacial score (nSPS) is 13.8. The van der Waals surface area contributed by atoms with E-state index in [1.165, 1.54) is 5.56 Å². The van der Waals surface area contributed by atoms with E-state index in [-0.39, 0.29) is 24.4 Å². The maximum Gasteiger partial charge on any atom is 0.251 e. The maximum atomic E-state index is 12.0. The van der Waals surface area contributed by atoms with Crippen LogP contribution in [0, 0.1) is 0 Å². The molecule has 1 aromatic rings. The van der Waals surface area contributed by atoms with Gasteiger partial charge < -0.3 is 16.0 Å². The number of nitrogens with one attached hydrogen (secondary N) is 3. The summed E-state index contributed by atoms with van der Waals surface area (Å²) in [5.41, 5.74) is 3.05. The Morgan fingerprint density at radius 3 is 2.85 bits per heavy atom. The number of carbonyl (C=O) groups is 2. The van der Waals surface area contributed by atoms with E-state index in [4.69, 9.17) is 0 Å². The van der Waals surface area contributed by atoms with Gasteiger partial charge in [0.1, 0.15) is 0 Å². The summed E-state index contributed by atoms with van der Waals surface area (Å²) in [7, 11) is 0. The highest BCUT2D eigenvalue weighted by Crippen LogP contribution is 2.15. The Balaban J connectivity index is 1.94. The quantitative estimate of drug-likeness (QED) is 0.753. The van der Waals surface area contributed by atoms with Crippen LogP contribution in [0.15, 0.2) is 18.2 Å².